The summed E-state index contributed by atoms with van der Waals surface area (Å²) < 4.78 is 0.965. The number of hydrogen-bond donors (Lipinski definition) is 2. The van der Waals surface area contributed by atoms with Crippen molar-refractivity contribution in [1.82, 2.24) is 24.6 Å². The van der Waals surface area contributed by atoms with Crippen LogP contribution in [-0.2, 0) is 31.2 Å². The summed E-state index contributed by atoms with van der Waals surface area (Å²) in [6, 6.07) is 0. The van der Waals surface area contributed by atoms with E-state index in [9.17, 15) is 14.4 Å². The highest BCUT2D eigenvalue weighted by molar-refractivity contribution is 5.78. The van der Waals surface area contributed by atoms with Gasteiger partial charge in [0.05, 0.1) is 12.6 Å². The molecule has 0 bridgehead atoms. The highest BCUT2D eigenvalue weighted by Crippen LogP contribution is 2.16. The molecule has 3 heterocycles. The van der Waals surface area contributed by atoms with Crippen molar-refractivity contribution >= 4 is 5.91 Å². The van der Waals surface area contributed by atoms with Crippen molar-refractivity contribution in [1.29, 1.82) is 0 Å². The van der Waals surface area contributed by atoms with Crippen LogP contribution in [0, 0.1) is 0 Å². The molecule has 2 aromatic rings. The number of aromatic amines is 2. The van der Waals surface area contributed by atoms with E-state index < -0.39 is 11.2 Å². The lowest BCUT2D eigenvalue weighted by Crippen LogP contribution is -2.40. The fourth-order valence-electron chi connectivity index (χ4n) is 2.45. The Bertz CT molecular complexity index is 801. The fraction of sp³-hybridized carbons (Fsp3) is 0.385. The number of carbonyl (C=O) groups excluding carboxylic acids is 1. The zero-order valence-corrected chi connectivity index (χ0v) is 11.5. The summed E-state index contributed by atoms with van der Waals surface area (Å²) in [5, 5.41) is 6.87. The molecule has 0 saturated carbocycles. The van der Waals surface area contributed by atoms with Crippen molar-refractivity contribution in [3.05, 3.63) is 50.1 Å². The Balaban J connectivity index is 1.78. The molecule has 0 aromatic carbocycles. The van der Waals surface area contributed by atoms with Gasteiger partial charge in [0.1, 0.15) is 0 Å². The Labute approximate surface area is 119 Å². The van der Waals surface area contributed by atoms with Gasteiger partial charge in [-0.1, -0.05) is 0 Å². The topological polar surface area (TPSA) is 104 Å². The van der Waals surface area contributed by atoms with Gasteiger partial charge in [-0.15, -0.1) is 0 Å². The van der Waals surface area contributed by atoms with Crippen LogP contribution in [0.5, 0.6) is 0 Å². The number of nitrogens with one attached hydrogen (secondary N) is 2. The van der Waals surface area contributed by atoms with Gasteiger partial charge < -0.3 is 9.88 Å². The molecule has 110 valence electrons. The Hall–Kier alpha value is -2.64. The largest absolute Gasteiger partial charge is 0.338 e. The van der Waals surface area contributed by atoms with Gasteiger partial charge in [-0.2, -0.15) is 5.10 Å². The molecule has 8 nitrogen and oxygen atoms in total. The minimum atomic E-state index is -0.489. The molecule has 0 aliphatic carbocycles. The molecule has 1 aliphatic heterocycles. The zero-order valence-electron chi connectivity index (χ0n) is 11.5. The van der Waals surface area contributed by atoms with Crippen molar-refractivity contribution in [2.75, 3.05) is 6.54 Å². The number of nitrogens with zero attached hydrogens (tertiary/aromatic N) is 3. The first-order chi connectivity index (χ1) is 10.1. The maximum Gasteiger partial charge on any atom is 0.328 e. The average molecular weight is 289 g/mol. The van der Waals surface area contributed by atoms with Gasteiger partial charge >= 0.3 is 5.69 Å². The number of rotatable bonds is 2. The Morgan fingerprint density at radius 3 is 3.05 bits per heavy atom. The van der Waals surface area contributed by atoms with E-state index in [-0.39, 0.29) is 12.3 Å². The molecule has 2 aromatic heterocycles. The smallest absolute Gasteiger partial charge is 0.328 e. The predicted octanol–water partition coefficient (Wildman–Crippen LogP) is -1.08. The second kappa shape index (κ2) is 5.04. The highest BCUT2D eigenvalue weighted by Gasteiger charge is 2.22. The first-order valence-corrected chi connectivity index (χ1v) is 6.62. The van der Waals surface area contributed by atoms with Gasteiger partial charge in [0, 0.05) is 49.6 Å². The molecule has 0 atom stereocenters. The van der Waals surface area contributed by atoms with Crippen LogP contribution in [0.3, 0.4) is 0 Å². The van der Waals surface area contributed by atoms with E-state index in [1.807, 2.05) is 0 Å². The molecule has 8 heteroatoms. The van der Waals surface area contributed by atoms with Crippen molar-refractivity contribution in [2.45, 2.75) is 19.4 Å². The number of fused-ring (bicyclic) bond motifs is 1. The minimum Gasteiger partial charge on any atom is -0.338 e. The third kappa shape index (κ3) is 2.39. The van der Waals surface area contributed by atoms with E-state index in [1.165, 1.54) is 13.2 Å². The quantitative estimate of drug-likeness (QED) is 0.734. The predicted molar refractivity (Wildman–Crippen MR) is 73.7 cm³/mol. The molecule has 0 fully saturated rings. The van der Waals surface area contributed by atoms with Crippen molar-refractivity contribution < 1.29 is 4.79 Å². The minimum absolute atomic E-state index is 0.0172. The second-order valence-corrected chi connectivity index (χ2v) is 5.10. The van der Waals surface area contributed by atoms with E-state index in [0.717, 1.165) is 22.2 Å². The first kappa shape index (κ1) is 13.3. The van der Waals surface area contributed by atoms with Crippen molar-refractivity contribution in [3.63, 3.8) is 0 Å². The molecule has 0 unspecified atom stereocenters. The molecule has 3 rings (SSSR count). The molecule has 0 radical (unpaired) electrons. The van der Waals surface area contributed by atoms with Gasteiger partial charge in [0.25, 0.3) is 5.56 Å². The number of aromatic nitrogens is 4. The van der Waals surface area contributed by atoms with E-state index in [1.54, 1.807) is 11.1 Å². The van der Waals surface area contributed by atoms with Gasteiger partial charge in [-0.25, -0.2) is 4.79 Å². The third-order valence-electron chi connectivity index (χ3n) is 3.75. The summed E-state index contributed by atoms with van der Waals surface area (Å²) in [5.41, 5.74) is 1.42. The Kier molecular flexibility index (Phi) is 3.20. The van der Waals surface area contributed by atoms with Gasteiger partial charge in [0.2, 0.25) is 5.91 Å². The van der Waals surface area contributed by atoms with Crippen LogP contribution in [0.4, 0.5) is 0 Å². The van der Waals surface area contributed by atoms with Crippen molar-refractivity contribution in [3.8, 4) is 0 Å². The SMILES string of the molecule is Cn1c(=O)[nH]cc(CC(=O)N2CCc3[nH]ncc3C2)c1=O. The molecule has 1 aliphatic rings. The Morgan fingerprint density at radius 1 is 1.43 bits per heavy atom. The number of hydrogen-bond acceptors (Lipinski definition) is 4. The maximum atomic E-state index is 12.3. The molecule has 21 heavy (non-hydrogen) atoms. The number of carbonyl (C=O) groups is 1. The standard InChI is InChI=1S/C13H15N5O3/c1-17-12(20)8(5-14-13(17)21)4-11(19)18-3-2-10-9(7-18)6-15-16-10/h5-6H,2-4,7H2,1H3,(H,14,21)(H,15,16). The lowest BCUT2D eigenvalue weighted by Gasteiger charge is -2.26. The lowest BCUT2D eigenvalue weighted by atomic mass is 10.1. The molecule has 0 spiro atoms. The van der Waals surface area contributed by atoms with E-state index in [4.69, 9.17) is 0 Å². The van der Waals surface area contributed by atoms with Crippen LogP contribution in [-0.4, -0.2) is 37.1 Å². The summed E-state index contributed by atoms with van der Waals surface area (Å²) in [4.78, 5) is 39.7. The van der Waals surface area contributed by atoms with Gasteiger partial charge in [-0.05, 0) is 0 Å². The average Bonchev–Trinajstić information content (AvgIpc) is 2.95. The zero-order chi connectivity index (χ0) is 15.0. The van der Waals surface area contributed by atoms with Gasteiger partial charge in [-0.3, -0.25) is 19.3 Å². The number of amides is 1. The van der Waals surface area contributed by atoms with Crippen LogP contribution < -0.4 is 11.2 Å². The van der Waals surface area contributed by atoms with E-state index >= 15 is 0 Å². The number of H-pyrrole nitrogens is 2. The molecule has 1 amide bonds. The van der Waals surface area contributed by atoms with Crippen molar-refractivity contribution in [2.24, 2.45) is 7.05 Å². The van der Waals surface area contributed by atoms with Gasteiger partial charge in [0.15, 0.2) is 0 Å². The summed E-state index contributed by atoms with van der Waals surface area (Å²) >= 11 is 0. The molecule has 2 N–H and O–H groups in total. The maximum absolute atomic E-state index is 12.3. The fourth-order valence-corrected chi connectivity index (χ4v) is 2.45. The van der Waals surface area contributed by atoms with Crippen LogP contribution in [0.15, 0.2) is 22.0 Å². The lowest BCUT2D eigenvalue weighted by molar-refractivity contribution is -0.131. The summed E-state index contributed by atoms with van der Waals surface area (Å²) in [6.07, 6.45) is 3.74. The molecular formula is C13H15N5O3. The van der Waals surface area contributed by atoms with Crippen LogP contribution >= 0.6 is 0 Å². The molecular weight excluding hydrogens is 274 g/mol. The molecule has 0 saturated heterocycles. The summed E-state index contributed by atoms with van der Waals surface area (Å²) in [7, 11) is 1.38. The van der Waals surface area contributed by atoms with Crippen LogP contribution in [0.25, 0.3) is 0 Å². The van der Waals surface area contributed by atoms with Crippen LogP contribution in [0.1, 0.15) is 16.8 Å². The van der Waals surface area contributed by atoms with E-state index in [0.29, 0.717) is 18.7 Å². The highest BCUT2D eigenvalue weighted by atomic mass is 16.2. The van der Waals surface area contributed by atoms with E-state index in [2.05, 4.69) is 15.2 Å². The Morgan fingerprint density at radius 2 is 2.24 bits per heavy atom. The van der Waals surface area contributed by atoms with Crippen LogP contribution in [0.2, 0.25) is 0 Å². The first-order valence-electron chi connectivity index (χ1n) is 6.62. The summed E-state index contributed by atoms with van der Waals surface area (Å²) in [6.45, 7) is 1.09. The third-order valence-corrected chi connectivity index (χ3v) is 3.75. The monoisotopic (exact) mass is 289 g/mol. The normalized spacial score (nSPS) is 14.0. The second-order valence-electron chi connectivity index (χ2n) is 5.10. The summed E-state index contributed by atoms with van der Waals surface area (Å²) in [5.74, 6) is -0.133.